The minimum absolute atomic E-state index is 0.0355. The van der Waals surface area contributed by atoms with Crippen LogP contribution in [0.4, 0.5) is 11.6 Å². The predicted octanol–water partition coefficient (Wildman–Crippen LogP) is 2.38. The Labute approximate surface area is 146 Å². The molecule has 0 bridgehead atoms. The molecule has 0 radical (unpaired) electrons. The molecule has 24 heavy (non-hydrogen) atoms. The van der Waals surface area contributed by atoms with Gasteiger partial charge in [-0.1, -0.05) is 23.4 Å². The number of hydrogen-bond donors (Lipinski definition) is 2. The average molecular weight is 362 g/mol. The third kappa shape index (κ3) is 4.30. The average Bonchev–Trinajstić information content (AvgIpc) is 2.90. The zero-order valence-corrected chi connectivity index (χ0v) is 13.8. The smallest absolute Gasteiger partial charge is 0.251 e. The maximum Gasteiger partial charge on any atom is 0.251 e. The van der Waals surface area contributed by atoms with Crippen LogP contribution in [0.1, 0.15) is 6.42 Å². The van der Waals surface area contributed by atoms with E-state index in [9.17, 15) is 9.59 Å². The second kappa shape index (κ2) is 7.41. The first-order valence-electron chi connectivity index (χ1n) is 6.99. The first-order chi connectivity index (χ1) is 11.6. The lowest BCUT2D eigenvalue weighted by Crippen LogP contribution is -2.28. The van der Waals surface area contributed by atoms with E-state index in [1.54, 1.807) is 42.7 Å². The SMILES string of the molecule is O=C(CC1S/C(=N\c2ncccn2)NC1=O)Nc1ccc(Cl)cc1. The zero-order chi connectivity index (χ0) is 16.9. The highest BCUT2D eigenvalue weighted by Gasteiger charge is 2.32. The van der Waals surface area contributed by atoms with Crippen molar-refractivity contribution in [1.82, 2.24) is 15.3 Å². The van der Waals surface area contributed by atoms with Gasteiger partial charge >= 0.3 is 0 Å². The molecule has 1 unspecified atom stereocenters. The fourth-order valence-electron chi connectivity index (χ4n) is 1.95. The number of nitrogens with zero attached hydrogens (tertiary/aromatic N) is 3. The quantitative estimate of drug-likeness (QED) is 0.871. The first kappa shape index (κ1) is 16.4. The molecule has 2 heterocycles. The molecule has 122 valence electrons. The van der Waals surface area contributed by atoms with E-state index in [2.05, 4.69) is 25.6 Å². The summed E-state index contributed by atoms with van der Waals surface area (Å²) in [5, 5.41) is 5.78. The van der Waals surface area contributed by atoms with Gasteiger partial charge in [0.1, 0.15) is 5.25 Å². The number of anilines is 1. The number of benzene rings is 1. The summed E-state index contributed by atoms with van der Waals surface area (Å²) in [5.74, 6) is -0.269. The summed E-state index contributed by atoms with van der Waals surface area (Å²) < 4.78 is 0. The van der Waals surface area contributed by atoms with Gasteiger partial charge in [-0.05, 0) is 30.3 Å². The summed E-state index contributed by atoms with van der Waals surface area (Å²) >= 11 is 6.98. The van der Waals surface area contributed by atoms with E-state index in [4.69, 9.17) is 11.6 Å². The first-order valence-corrected chi connectivity index (χ1v) is 8.24. The van der Waals surface area contributed by atoms with Gasteiger partial charge < -0.3 is 10.6 Å². The number of amides is 2. The van der Waals surface area contributed by atoms with Crippen molar-refractivity contribution in [2.45, 2.75) is 11.7 Å². The van der Waals surface area contributed by atoms with Gasteiger partial charge in [0.25, 0.3) is 5.95 Å². The van der Waals surface area contributed by atoms with Crippen LogP contribution in [0, 0.1) is 0 Å². The van der Waals surface area contributed by atoms with Gasteiger partial charge in [-0.15, -0.1) is 0 Å². The number of aliphatic imine (C=N–C) groups is 1. The fourth-order valence-corrected chi connectivity index (χ4v) is 3.04. The van der Waals surface area contributed by atoms with Crippen LogP contribution in [-0.4, -0.2) is 32.2 Å². The number of aromatic nitrogens is 2. The van der Waals surface area contributed by atoms with Gasteiger partial charge in [-0.2, -0.15) is 4.99 Å². The highest BCUT2D eigenvalue weighted by Crippen LogP contribution is 2.24. The van der Waals surface area contributed by atoms with Crippen molar-refractivity contribution in [3.8, 4) is 0 Å². The monoisotopic (exact) mass is 361 g/mol. The van der Waals surface area contributed by atoms with Crippen molar-refractivity contribution in [3.05, 3.63) is 47.7 Å². The van der Waals surface area contributed by atoms with E-state index in [-0.39, 0.29) is 24.2 Å². The summed E-state index contributed by atoms with van der Waals surface area (Å²) in [6, 6.07) is 8.43. The highest BCUT2D eigenvalue weighted by molar-refractivity contribution is 8.15. The van der Waals surface area contributed by atoms with Crippen LogP contribution in [0.5, 0.6) is 0 Å². The number of rotatable bonds is 4. The van der Waals surface area contributed by atoms with E-state index in [0.717, 1.165) is 0 Å². The standard InChI is InChI=1S/C15H12ClN5O2S/c16-9-2-4-10(5-3-9)19-12(22)8-11-13(23)20-15(24-11)21-14-17-6-1-7-18-14/h1-7,11H,8H2,(H,19,22)(H,17,18,20,21,23). The van der Waals surface area contributed by atoms with Crippen molar-refractivity contribution in [1.29, 1.82) is 0 Å². The molecule has 0 spiro atoms. The zero-order valence-electron chi connectivity index (χ0n) is 12.3. The number of halogens is 1. The Morgan fingerprint density at radius 2 is 2.00 bits per heavy atom. The molecule has 2 N–H and O–H groups in total. The Balaban J connectivity index is 1.59. The molecule has 2 aromatic rings. The van der Waals surface area contributed by atoms with Crippen molar-refractivity contribution in [2.75, 3.05) is 5.32 Å². The van der Waals surface area contributed by atoms with Crippen molar-refractivity contribution in [2.24, 2.45) is 4.99 Å². The van der Waals surface area contributed by atoms with Crippen molar-refractivity contribution in [3.63, 3.8) is 0 Å². The Hall–Kier alpha value is -2.45. The van der Waals surface area contributed by atoms with E-state index in [1.807, 2.05) is 0 Å². The van der Waals surface area contributed by atoms with Gasteiger partial charge in [0.15, 0.2) is 5.17 Å². The molecular weight excluding hydrogens is 350 g/mol. The Morgan fingerprint density at radius 1 is 1.29 bits per heavy atom. The molecule has 3 rings (SSSR count). The van der Waals surface area contributed by atoms with Gasteiger partial charge in [-0.25, -0.2) is 9.97 Å². The van der Waals surface area contributed by atoms with Gasteiger partial charge in [0, 0.05) is 29.5 Å². The van der Waals surface area contributed by atoms with Crippen LogP contribution in [0.15, 0.2) is 47.7 Å². The highest BCUT2D eigenvalue weighted by atomic mass is 35.5. The number of hydrogen-bond acceptors (Lipinski definition) is 6. The number of carbonyl (C=O) groups excluding carboxylic acids is 2. The number of amidine groups is 1. The second-order valence-electron chi connectivity index (χ2n) is 4.82. The predicted molar refractivity (Wildman–Crippen MR) is 93.3 cm³/mol. The number of carbonyl (C=O) groups is 2. The molecule has 1 atom stereocenters. The summed E-state index contributed by atoms with van der Waals surface area (Å²) in [6.07, 6.45) is 3.16. The molecule has 9 heteroatoms. The molecule has 1 saturated heterocycles. The van der Waals surface area contributed by atoms with Crippen LogP contribution < -0.4 is 10.6 Å². The largest absolute Gasteiger partial charge is 0.326 e. The lowest BCUT2D eigenvalue weighted by atomic mass is 10.2. The molecule has 0 aliphatic carbocycles. The molecule has 1 aromatic carbocycles. The maximum absolute atomic E-state index is 12.1. The van der Waals surface area contributed by atoms with Gasteiger partial charge in [0.05, 0.1) is 0 Å². The third-order valence-electron chi connectivity index (χ3n) is 3.03. The summed E-state index contributed by atoms with van der Waals surface area (Å²) in [7, 11) is 0. The molecule has 1 aromatic heterocycles. The minimum atomic E-state index is -0.542. The lowest BCUT2D eigenvalue weighted by molar-refractivity contribution is -0.122. The topological polar surface area (TPSA) is 96.3 Å². The summed E-state index contributed by atoms with van der Waals surface area (Å²) in [5.41, 5.74) is 0.624. The van der Waals surface area contributed by atoms with E-state index >= 15 is 0 Å². The van der Waals surface area contributed by atoms with Crippen LogP contribution in [0.25, 0.3) is 0 Å². The van der Waals surface area contributed by atoms with Crippen LogP contribution in [0.3, 0.4) is 0 Å². The Bertz CT molecular complexity index is 782. The van der Waals surface area contributed by atoms with E-state index in [1.165, 1.54) is 11.8 Å². The third-order valence-corrected chi connectivity index (χ3v) is 4.36. The molecule has 1 aliphatic heterocycles. The molecule has 1 aliphatic rings. The summed E-state index contributed by atoms with van der Waals surface area (Å²) in [4.78, 5) is 36.1. The van der Waals surface area contributed by atoms with Gasteiger partial charge in [-0.3, -0.25) is 9.59 Å². The fraction of sp³-hybridized carbons (Fsp3) is 0.133. The van der Waals surface area contributed by atoms with Crippen molar-refractivity contribution < 1.29 is 9.59 Å². The number of nitrogens with one attached hydrogen (secondary N) is 2. The number of thioether (sulfide) groups is 1. The normalized spacial score (nSPS) is 18.5. The van der Waals surface area contributed by atoms with Crippen LogP contribution in [-0.2, 0) is 9.59 Å². The Morgan fingerprint density at radius 3 is 2.71 bits per heavy atom. The second-order valence-corrected chi connectivity index (χ2v) is 6.45. The molecule has 2 amide bonds. The minimum Gasteiger partial charge on any atom is -0.326 e. The van der Waals surface area contributed by atoms with E-state index < -0.39 is 5.25 Å². The van der Waals surface area contributed by atoms with Crippen molar-refractivity contribution >= 4 is 52.0 Å². The van der Waals surface area contributed by atoms with E-state index in [0.29, 0.717) is 15.9 Å². The molecule has 7 nitrogen and oxygen atoms in total. The summed E-state index contributed by atoms with van der Waals surface area (Å²) in [6.45, 7) is 0. The van der Waals surface area contributed by atoms with Crippen LogP contribution in [0.2, 0.25) is 5.02 Å². The van der Waals surface area contributed by atoms with Crippen LogP contribution >= 0.6 is 23.4 Å². The molecule has 1 fully saturated rings. The van der Waals surface area contributed by atoms with Gasteiger partial charge in [0.2, 0.25) is 11.8 Å². The lowest BCUT2D eigenvalue weighted by Gasteiger charge is -2.07. The molecular formula is C15H12ClN5O2S. The maximum atomic E-state index is 12.1. The molecule has 0 saturated carbocycles. The Kier molecular flexibility index (Phi) is 5.07.